The molecule has 0 aromatic carbocycles. The van der Waals surface area contributed by atoms with E-state index < -0.39 is 0 Å². The lowest BCUT2D eigenvalue weighted by Crippen LogP contribution is -2.48. The van der Waals surface area contributed by atoms with E-state index in [2.05, 4.69) is 28.7 Å². The second-order valence-electron chi connectivity index (χ2n) is 3.87. The van der Waals surface area contributed by atoms with Crippen molar-refractivity contribution in [3.05, 3.63) is 24.3 Å². The quantitative estimate of drug-likeness (QED) is 0.681. The summed E-state index contributed by atoms with van der Waals surface area (Å²) >= 11 is 0. The Morgan fingerprint density at radius 1 is 1.38 bits per heavy atom. The molecule has 1 aromatic heterocycles. The number of nitrogens with zero attached hydrogens (tertiary/aromatic N) is 3. The third kappa shape index (κ3) is 1.70. The lowest BCUT2D eigenvalue weighted by molar-refractivity contribution is 0.108. The molecule has 0 saturated carbocycles. The number of rotatable bonds is 2. The minimum atomic E-state index is 0.607. The van der Waals surface area contributed by atoms with Crippen molar-refractivity contribution in [2.45, 2.75) is 25.8 Å². The molecule has 1 aliphatic rings. The van der Waals surface area contributed by atoms with E-state index in [0.29, 0.717) is 12.0 Å². The average molecular weight is 177 g/mol. The maximum Gasteiger partial charge on any atom is 0.0643 e. The van der Waals surface area contributed by atoms with E-state index in [-0.39, 0.29) is 0 Å². The molecule has 0 bridgehead atoms. The van der Waals surface area contributed by atoms with Crippen molar-refractivity contribution >= 4 is 0 Å². The molecule has 3 heteroatoms. The Hall–Kier alpha value is -0.960. The van der Waals surface area contributed by atoms with Crippen molar-refractivity contribution < 1.29 is 0 Å². The molecule has 0 aliphatic carbocycles. The van der Waals surface area contributed by atoms with E-state index in [9.17, 15) is 0 Å². The lowest BCUT2D eigenvalue weighted by atomic mass is 9.95. The van der Waals surface area contributed by atoms with Gasteiger partial charge in [-0.3, -0.25) is 14.9 Å². The van der Waals surface area contributed by atoms with Crippen LogP contribution >= 0.6 is 0 Å². The highest BCUT2D eigenvalue weighted by Crippen LogP contribution is 2.26. The zero-order chi connectivity index (χ0) is 9.26. The van der Waals surface area contributed by atoms with Crippen LogP contribution in [0.1, 0.15) is 25.5 Å². The Morgan fingerprint density at radius 3 is 2.69 bits per heavy atom. The predicted octanol–water partition coefficient (Wildman–Crippen LogP) is 1.28. The first-order chi connectivity index (χ1) is 6.27. The van der Waals surface area contributed by atoms with Crippen LogP contribution in [0.15, 0.2) is 18.6 Å². The predicted molar refractivity (Wildman–Crippen MR) is 51.5 cm³/mol. The van der Waals surface area contributed by atoms with Gasteiger partial charge < -0.3 is 0 Å². The summed E-state index contributed by atoms with van der Waals surface area (Å²) < 4.78 is 0. The monoisotopic (exact) mass is 177 g/mol. The molecule has 2 heterocycles. The first kappa shape index (κ1) is 8.63. The number of aromatic nitrogens is 2. The summed E-state index contributed by atoms with van der Waals surface area (Å²) in [6, 6.07) is 0.660. The van der Waals surface area contributed by atoms with Crippen LogP contribution in [-0.4, -0.2) is 34.0 Å². The molecule has 3 nitrogen and oxygen atoms in total. The van der Waals surface area contributed by atoms with E-state index in [0.717, 1.165) is 18.8 Å². The van der Waals surface area contributed by atoms with Gasteiger partial charge in [-0.2, -0.15) is 0 Å². The van der Waals surface area contributed by atoms with E-state index >= 15 is 0 Å². The van der Waals surface area contributed by atoms with Gasteiger partial charge in [-0.1, -0.05) is 0 Å². The average Bonchev–Trinajstić information content (AvgIpc) is 2.02. The van der Waals surface area contributed by atoms with E-state index in [1.165, 1.54) is 0 Å². The zero-order valence-electron chi connectivity index (χ0n) is 8.14. The summed E-state index contributed by atoms with van der Waals surface area (Å²) in [6.45, 7) is 6.73. The molecule has 0 amide bonds. The van der Waals surface area contributed by atoms with Crippen molar-refractivity contribution in [2.75, 3.05) is 13.1 Å². The summed E-state index contributed by atoms with van der Waals surface area (Å²) in [4.78, 5) is 10.8. The van der Waals surface area contributed by atoms with Gasteiger partial charge in [-0.05, 0) is 13.8 Å². The van der Waals surface area contributed by atoms with E-state index in [1.54, 1.807) is 12.4 Å². The van der Waals surface area contributed by atoms with Crippen molar-refractivity contribution in [3.63, 3.8) is 0 Å². The molecular weight excluding hydrogens is 162 g/mol. The van der Waals surface area contributed by atoms with Gasteiger partial charge in [0, 0.05) is 43.6 Å². The first-order valence-electron chi connectivity index (χ1n) is 4.77. The molecule has 2 rings (SSSR count). The molecular formula is C10H15N3. The van der Waals surface area contributed by atoms with Gasteiger partial charge in [0.2, 0.25) is 0 Å². The molecule has 1 saturated heterocycles. The maximum absolute atomic E-state index is 4.31. The first-order valence-corrected chi connectivity index (χ1v) is 4.77. The normalized spacial score (nSPS) is 19.0. The molecule has 0 atom stereocenters. The Morgan fingerprint density at radius 2 is 2.15 bits per heavy atom. The largest absolute Gasteiger partial charge is 0.300 e. The van der Waals surface area contributed by atoms with E-state index in [4.69, 9.17) is 0 Å². The van der Waals surface area contributed by atoms with Gasteiger partial charge in [-0.25, -0.2) is 0 Å². The fraction of sp³-hybridized carbons (Fsp3) is 0.600. The smallest absolute Gasteiger partial charge is 0.0643 e. The number of hydrogen-bond acceptors (Lipinski definition) is 3. The van der Waals surface area contributed by atoms with Gasteiger partial charge in [0.15, 0.2) is 0 Å². The molecule has 0 unspecified atom stereocenters. The summed E-state index contributed by atoms with van der Waals surface area (Å²) in [5.41, 5.74) is 1.14. The van der Waals surface area contributed by atoms with Crippen LogP contribution < -0.4 is 0 Å². The summed E-state index contributed by atoms with van der Waals surface area (Å²) in [6.07, 6.45) is 5.37. The highest BCUT2D eigenvalue weighted by molar-refractivity contribution is 5.09. The van der Waals surface area contributed by atoms with Crippen LogP contribution in [0.4, 0.5) is 0 Å². The molecule has 1 aliphatic heterocycles. The van der Waals surface area contributed by atoms with Gasteiger partial charge in [-0.15, -0.1) is 0 Å². The lowest BCUT2D eigenvalue weighted by Gasteiger charge is -2.41. The van der Waals surface area contributed by atoms with Crippen LogP contribution in [-0.2, 0) is 0 Å². The van der Waals surface area contributed by atoms with Crippen LogP contribution in [0, 0.1) is 0 Å². The molecule has 13 heavy (non-hydrogen) atoms. The van der Waals surface area contributed by atoms with Crippen LogP contribution in [0.5, 0.6) is 0 Å². The van der Waals surface area contributed by atoms with Crippen molar-refractivity contribution in [2.24, 2.45) is 0 Å². The zero-order valence-corrected chi connectivity index (χ0v) is 8.14. The van der Waals surface area contributed by atoms with Gasteiger partial charge in [0.25, 0.3) is 0 Å². The topological polar surface area (TPSA) is 29.0 Å². The number of likely N-dealkylation sites (tertiary alicyclic amines) is 1. The van der Waals surface area contributed by atoms with Crippen molar-refractivity contribution in [1.82, 2.24) is 14.9 Å². The Balaban J connectivity index is 1.94. The van der Waals surface area contributed by atoms with Crippen LogP contribution in [0.2, 0.25) is 0 Å². The van der Waals surface area contributed by atoms with Crippen LogP contribution in [0.25, 0.3) is 0 Å². The van der Waals surface area contributed by atoms with Crippen molar-refractivity contribution in [1.29, 1.82) is 0 Å². The summed E-state index contributed by atoms with van der Waals surface area (Å²) in [5.74, 6) is 0.607. The molecule has 0 spiro atoms. The second kappa shape index (κ2) is 3.42. The number of hydrogen-bond donors (Lipinski definition) is 0. The second-order valence-corrected chi connectivity index (χ2v) is 3.87. The molecule has 70 valence electrons. The summed E-state index contributed by atoms with van der Waals surface area (Å²) in [7, 11) is 0. The highest BCUT2D eigenvalue weighted by Gasteiger charge is 2.30. The van der Waals surface area contributed by atoms with Gasteiger partial charge in [0.1, 0.15) is 0 Å². The minimum Gasteiger partial charge on any atom is -0.300 e. The maximum atomic E-state index is 4.31. The third-order valence-electron chi connectivity index (χ3n) is 2.64. The Labute approximate surface area is 78.8 Å². The molecule has 0 N–H and O–H groups in total. The molecule has 1 fully saturated rings. The van der Waals surface area contributed by atoms with Crippen molar-refractivity contribution in [3.8, 4) is 0 Å². The standard InChI is InChI=1S/C10H15N3/c1-8(2)13-6-9(7-13)10-5-11-3-4-12-10/h3-5,8-9H,6-7H2,1-2H3. The minimum absolute atomic E-state index is 0.607. The molecule has 0 radical (unpaired) electrons. The SMILES string of the molecule is CC(C)N1CC(c2cnccn2)C1. The summed E-state index contributed by atoms with van der Waals surface area (Å²) in [5, 5.41) is 0. The highest BCUT2D eigenvalue weighted by atomic mass is 15.2. The van der Waals surface area contributed by atoms with Crippen LogP contribution in [0.3, 0.4) is 0 Å². The van der Waals surface area contributed by atoms with Gasteiger partial charge in [0.05, 0.1) is 5.69 Å². The third-order valence-corrected chi connectivity index (χ3v) is 2.64. The van der Waals surface area contributed by atoms with Gasteiger partial charge >= 0.3 is 0 Å². The fourth-order valence-corrected chi connectivity index (χ4v) is 1.64. The Kier molecular flexibility index (Phi) is 2.27. The fourth-order valence-electron chi connectivity index (χ4n) is 1.64. The Bertz CT molecular complexity index is 265. The molecule has 1 aromatic rings. The van der Waals surface area contributed by atoms with E-state index in [1.807, 2.05) is 6.20 Å².